The van der Waals surface area contributed by atoms with Gasteiger partial charge < -0.3 is 10.1 Å². The molecule has 0 aliphatic heterocycles. The molecule has 3 heteroatoms. The lowest BCUT2D eigenvalue weighted by molar-refractivity contribution is 0.279. The third-order valence-corrected chi connectivity index (χ3v) is 3.95. The van der Waals surface area contributed by atoms with Crippen LogP contribution in [0.3, 0.4) is 0 Å². The van der Waals surface area contributed by atoms with E-state index in [1.807, 2.05) is 18.2 Å². The number of pyridine rings is 1. The minimum atomic E-state index is 0.582. The van der Waals surface area contributed by atoms with Crippen molar-refractivity contribution in [1.29, 1.82) is 0 Å². The molecule has 3 nitrogen and oxygen atoms in total. The van der Waals surface area contributed by atoms with Crippen molar-refractivity contribution in [3.05, 3.63) is 23.9 Å². The second-order valence-corrected chi connectivity index (χ2v) is 5.24. The highest BCUT2D eigenvalue weighted by atomic mass is 16.5. The predicted octanol–water partition coefficient (Wildman–Crippen LogP) is 3.15. The van der Waals surface area contributed by atoms with Gasteiger partial charge in [-0.25, -0.2) is 4.98 Å². The monoisotopic (exact) mass is 248 g/mol. The second-order valence-electron chi connectivity index (χ2n) is 5.24. The molecule has 18 heavy (non-hydrogen) atoms. The van der Waals surface area contributed by atoms with Gasteiger partial charge in [0, 0.05) is 18.7 Å². The zero-order valence-electron chi connectivity index (χ0n) is 11.5. The first-order valence-electron chi connectivity index (χ1n) is 7.03. The number of hydrogen-bond acceptors (Lipinski definition) is 3. The van der Waals surface area contributed by atoms with Gasteiger partial charge in [0.25, 0.3) is 0 Å². The summed E-state index contributed by atoms with van der Waals surface area (Å²) in [6, 6.07) is 6.50. The summed E-state index contributed by atoms with van der Waals surface area (Å²) in [6.07, 6.45) is 6.96. The van der Waals surface area contributed by atoms with Gasteiger partial charge in [-0.15, -0.1) is 0 Å². The van der Waals surface area contributed by atoms with Gasteiger partial charge in [-0.3, -0.25) is 0 Å². The highest BCUT2D eigenvalue weighted by Gasteiger charge is 2.19. The number of nitrogens with zero attached hydrogens (tertiary/aromatic N) is 1. The van der Waals surface area contributed by atoms with E-state index < -0.39 is 0 Å². The molecule has 1 saturated carbocycles. The lowest BCUT2D eigenvalue weighted by Gasteiger charge is -2.28. The number of aromatic nitrogens is 1. The Kier molecular flexibility index (Phi) is 5.00. The molecule has 1 aromatic heterocycles. The van der Waals surface area contributed by atoms with Crippen LogP contribution in [0.5, 0.6) is 5.88 Å². The Hall–Kier alpha value is -1.09. The molecule has 1 aliphatic carbocycles. The molecular formula is C15H24N2O. The van der Waals surface area contributed by atoms with Crippen molar-refractivity contribution in [2.45, 2.75) is 51.6 Å². The Balaban J connectivity index is 1.82. The van der Waals surface area contributed by atoms with Crippen LogP contribution in [0.25, 0.3) is 0 Å². The van der Waals surface area contributed by atoms with Gasteiger partial charge in [-0.2, -0.15) is 0 Å². The summed E-state index contributed by atoms with van der Waals surface area (Å²) in [6.45, 7) is 3.13. The van der Waals surface area contributed by atoms with E-state index in [0.717, 1.165) is 18.2 Å². The Morgan fingerprint density at radius 2 is 2.11 bits per heavy atom. The Bertz CT molecular complexity index is 361. The summed E-state index contributed by atoms with van der Waals surface area (Å²) in [5.74, 6) is 1.53. The van der Waals surface area contributed by atoms with Gasteiger partial charge >= 0.3 is 0 Å². The lowest BCUT2D eigenvalue weighted by atomic mass is 9.84. The van der Waals surface area contributed by atoms with Gasteiger partial charge in [-0.05, 0) is 31.7 Å². The Morgan fingerprint density at radius 1 is 1.33 bits per heavy atom. The van der Waals surface area contributed by atoms with Crippen molar-refractivity contribution in [3.63, 3.8) is 0 Å². The van der Waals surface area contributed by atoms with Crippen LogP contribution in [-0.4, -0.2) is 18.1 Å². The van der Waals surface area contributed by atoms with Crippen LogP contribution in [0.15, 0.2) is 18.2 Å². The maximum Gasteiger partial charge on any atom is 0.213 e. The van der Waals surface area contributed by atoms with Crippen molar-refractivity contribution < 1.29 is 4.74 Å². The van der Waals surface area contributed by atoms with Crippen molar-refractivity contribution in [2.75, 3.05) is 7.11 Å². The number of rotatable bonds is 5. The summed E-state index contributed by atoms with van der Waals surface area (Å²) in [5.41, 5.74) is 1.05. The van der Waals surface area contributed by atoms with E-state index in [9.17, 15) is 0 Å². The van der Waals surface area contributed by atoms with Crippen molar-refractivity contribution in [2.24, 2.45) is 5.92 Å². The van der Waals surface area contributed by atoms with E-state index in [4.69, 9.17) is 4.74 Å². The Morgan fingerprint density at radius 3 is 2.83 bits per heavy atom. The fourth-order valence-electron chi connectivity index (χ4n) is 2.74. The fraction of sp³-hybridized carbons (Fsp3) is 0.667. The topological polar surface area (TPSA) is 34.1 Å². The lowest BCUT2D eigenvalue weighted by Crippen LogP contribution is -2.34. The minimum Gasteiger partial charge on any atom is -0.481 e. The quantitative estimate of drug-likeness (QED) is 0.869. The summed E-state index contributed by atoms with van der Waals surface area (Å²) >= 11 is 0. The SMILES string of the molecule is COc1cccc(CN[C@@H](C)C2CCCCC2)n1. The number of methoxy groups -OCH3 is 1. The van der Waals surface area contributed by atoms with Gasteiger partial charge in [0.05, 0.1) is 12.8 Å². The normalized spacial score (nSPS) is 18.6. The largest absolute Gasteiger partial charge is 0.481 e. The standard InChI is InChI=1S/C15H24N2O/c1-12(13-7-4-3-5-8-13)16-11-14-9-6-10-15(17-14)18-2/h6,9-10,12-13,16H,3-5,7-8,11H2,1-2H3/t12-/m0/s1. The van der Waals surface area contributed by atoms with Crippen LogP contribution < -0.4 is 10.1 Å². The predicted molar refractivity (Wildman–Crippen MR) is 73.7 cm³/mol. The van der Waals surface area contributed by atoms with E-state index in [2.05, 4.69) is 17.2 Å². The molecule has 2 rings (SSSR count). The summed E-state index contributed by atoms with van der Waals surface area (Å²) in [4.78, 5) is 4.42. The van der Waals surface area contributed by atoms with Crippen LogP contribution in [0.2, 0.25) is 0 Å². The fourth-order valence-corrected chi connectivity index (χ4v) is 2.74. The summed E-state index contributed by atoms with van der Waals surface area (Å²) < 4.78 is 5.14. The van der Waals surface area contributed by atoms with Gasteiger partial charge in [0.15, 0.2) is 0 Å². The van der Waals surface area contributed by atoms with E-state index >= 15 is 0 Å². The molecule has 0 radical (unpaired) electrons. The molecule has 1 aromatic rings. The highest BCUT2D eigenvalue weighted by Crippen LogP contribution is 2.26. The second kappa shape index (κ2) is 6.74. The first-order chi connectivity index (χ1) is 8.79. The first kappa shape index (κ1) is 13.3. The van der Waals surface area contributed by atoms with Crippen LogP contribution in [0.1, 0.15) is 44.7 Å². The van der Waals surface area contributed by atoms with Crippen LogP contribution in [0, 0.1) is 5.92 Å². The van der Waals surface area contributed by atoms with E-state index in [1.54, 1.807) is 7.11 Å². The maximum atomic E-state index is 5.14. The molecule has 0 saturated heterocycles. The minimum absolute atomic E-state index is 0.582. The summed E-state index contributed by atoms with van der Waals surface area (Å²) in [7, 11) is 1.66. The van der Waals surface area contributed by atoms with E-state index in [-0.39, 0.29) is 0 Å². The number of nitrogens with one attached hydrogen (secondary N) is 1. The van der Waals surface area contributed by atoms with Gasteiger partial charge in [-0.1, -0.05) is 25.3 Å². The number of ether oxygens (including phenoxy) is 1. The molecule has 0 amide bonds. The molecule has 0 bridgehead atoms. The smallest absolute Gasteiger partial charge is 0.213 e. The van der Waals surface area contributed by atoms with Crippen LogP contribution in [0.4, 0.5) is 0 Å². The zero-order valence-corrected chi connectivity index (χ0v) is 11.5. The third-order valence-electron chi connectivity index (χ3n) is 3.95. The molecule has 1 heterocycles. The molecular weight excluding hydrogens is 224 g/mol. The molecule has 0 spiro atoms. The zero-order chi connectivity index (χ0) is 12.8. The van der Waals surface area contributed by atoms with Gasteiger partial charge in [0.1, 0.15) is 0 Å². The average Bonchev–Trinajstić information content (AvgIpc) is 2.46. The average molecular weight is 248 g/mol. The summed E-state index contributed by atoms with van der Waals surface area (Å²) in [5, 5.41) is 3.60. The van der Waals surface area contributed by atoms with Crippen molar-refractivity contribution >= 4 is 0 Å². The van der Waals surface area contributed by atoms with Crippen LogP contribution >= 0.6 is 0 Å². The van der Waals surface area contributed by atoms with Gasteiger partial charge in [0.2, 0.25) is 5.88 Å². The maximum absolute atomic E-state index is 5.14. The molecule has 1 atom stereocenters. The molecule has 0 aromatic carbocycles. The molecule has 1 fully saturated rings. The van der Waals surface area contributed by atoms with E-state index in [0.29, 0.717) is 11.9 Å². The molecule has 1 N–H and O–H groups in total. The first-order valence-corrected chi connectivity index (χ1v) is 7.03. The third kappa shape index (κ3) is 3.70. The van der Waals surface area contributed by atoms with Crippen molar-refractivity contribution in [3.8, 4) is 5.88 Å². The highest BCUT2D eigenvalue weighted by molar-refractivity contribution is 5.15. The number of hydrogen-bond donors (Lipinski definition) is 1. The van der Waals surface area contributed by atoms with E-state index in [1.165, 1.54) is 32.1 Å². The molecule has 1 aliphatic rings. The molecule has 100 valence electrons. The van der Waals surface area contributed by atoms with Crippen molar-refractivity contribution in [1.82, 2.24) is 10.3 Å². The Labute approximate surface area is 110 Å². The molecule has 0 unspecified atom stereocenters. The van der Waals surface area contributed by atoms with Crippen LogP contribution in [-0.2, 0) is 6.54 Å².